The summed E-state index contributed by atoms with van der Waals surface area (Å²) in [5, 5.41) is 11.9. The van der Waals surface area contributed by atoms with Crippen LogP contribution in [0.25, 0.3) is 16.7 Å². The number of aryl methyl sites for hydroxylation is 1. The molecule has 1 aromatic carbocycles. The summed E-state index contributed by atoms with van der Waals surface area (Å²) in [4.78, 5) is 25.8. The van der Waals surface area contributed by atoms with Crippen molar-refractivity contribution in [1.29, 1.82) is 0 Å². The third-order valence-electron chi connectivity index (χ3n) is 6.94. The van der Waals surface area contributed by atoms with Gasteiger partial charge in [0.05, 0.1) is 44.3 Å². The summed E-state index contributed by atoms with van der Waals surface area (Å²) in [7, 11) is 10.9. The van der Waals surface area contributed by atoms with Crippen molar-refractivity contribution in [2.45, 2.75) is 19.4 Å². The molecule has 2 N–H and O–H groups in total. The summed E-state index contributed by atoms with van der Waals surface area (Å²) in [5.41, 5.74) is 3.01. The molecule has 0 fully saturated rings. The van der Waals surface area contributed by atoms with Gasteiger partial charge in [0.2, 0.25) is 11.9 Å². The van der Waals surface area contributed by atoms with Gasteiger partial charge in [0.25, 0.3) is 0 Å². The number of carbonyl (C=O) groups excluding carboxylic acids is 1. The molecule has 3 aromatic rings. The summed E-state index contributed by atoms with van der Waals surface area (Å²) >= 11 is 0. The minimum absolute atomic E-state index is 0.100. The van der Waals surface area contributed by atoms with E-state index in [2.05, 4.69) is 32.0 Å². The lowest BCUT2D eigenvalue weighted by Gasteiger charge is -2.34. The summed E-state index contributed by atoms with van der Waals surface area (Å²) < 4.78 is 18.5. The fourth-order valence-corrected chi connectivity index (χ4v) is 4.66. The van der Waals surface area contributed by atoms with E-state index < -0.39 is 0 Å². The van der Waals surface area contributed by atoms with Gasteiger partial charge in [-0.2, -0.15) is 10.1 Å². The van der Waals surface area contributed by atoms with Crippen LogP contribution in [0, 0.1) is 6.92 Å². The molecule has 1 unspecified atom stereocenters. The lowest BCUT2D eigenvalue weighted by atomic mass is 9.99. The lowest BCUT2D eigenvalue weighted by Crippen LogP contribution is -2.44. The SMILES string of the molecule is C=CC(=O)NC1=CC(Nc2nccc(-n3nc(C)c4cc(OC)c(OC)cc43)n2)=C(OC)CC1N(C)CCN(C)C. The predicted octanol–water partition coefficient (Wildman–Crippen LogP) is 2.86. The van der Waals surface area contributed by atoms with Gasteiger partial charge in [0.1, 0.15) is 5.76 Å². The van der Waals surface area contributed by atoms with E-state index in [1.54, 1.807) is 38.3 Å². The average molecular weight is 563 g/mol. The van der Waals surface area contributed by atoms with Gasteiger partial charge in [0.15, 0.2) is 17.3 Å². The number of allylic oxidation sites excluding steroid dienone is 1. The van der Waals surface area contributed by atoms with Crippen LogP contribution in [-0.4, -0.2) is 97.1 Å². The largest absolute Gasteiger partial charge is 0.499 e. The molecule has 0 saturated heterocycles. The van der Waals surface area contributed by atoms with E-state index in [9.17, 15) is 4.79 Å². The first-order chi connectivity index (χ1) is 19.7. The van der Waals surface area contributed by atoms with Crippen molar-refractivity contribution in [3.05, 3.63) is 66.0 Å². The number of amides is 1. The Morgan fingerprint density at radius 2 is 1.88 bits per heavy atom. The average Bonchev–Trinajstić information content (AvgIpc) is 3.30. The van der Waals surface area contributed by atoms with Crippen LogP contribution < -0.4 is 20.1 Å². The van der Waals surface area contributed by atoms with Gasteiger partial charge >= 0.3 is 0 Å². The molecule has 0 radical (unpaired) electrons. The number of nitrogens with zero attached hydrogens (tertiary/aromatic N) is 6. The number of methoxy groups -OCH3 is 3. The molecule has 41 heavy (non-hydrogen) atoms. The predicted molar refractivity (Wildman–Crippen MR) is 158 cm³/mol. The van der Waals surface area contributed by atoms with Gasteiger partial charge in [-0.25, -0.2) is 9.67 Å². The molecule has 2 heterocycles. The number of likely N-dealkylation sites (N-methyl/N-ethyl adjacent to an activating group) is 2. The molecule has 0 aliphatic heterocycles. The smallest absolute Gasteiger partial charge is 0.247 e. The Kier molecular flexibility index (Phi) is 9.25. The van der Waals surface area contributed by atoms with Crippen molar-refractivity contribution in [1.82, 2.24) is 34.9 Å². The number of fused-ring (bicyclic) bond motifs is 1. The molecule has 2 aromatic heterocycles. The van der Waals surface area contributed by atoms with Crippen LogP contribution in [0.2, 0.25) is 0 Å². The highest BCUT2D eigenvalue weighted by molar-refractivity contribution is 5.88. The quantitative estimate of drug-likeness (QED) is 0.319. The summed E-state index contributed by atoms with van der Waals surface area (Å²) in [6.45, 7) is 7.20. The number of hydrogen-bond donors (Lipinski definition) is 2. The Balaban J connectivity index is 1.68. The number of nitrogens with one attached hydrogen (secondary N) is 2. The number of anilines is 1. The molecule has 1 atom stereocenters. The fourth-order valence-electron chi connectivity index (χ4n) is 4.66. The number of ether oxygens (including phenoxy) is 3. The maximum absolute atomic E-state index is 12.3. The highest BCUT2D eigenvalue weighted by atomic mass is 16.5. The number of hydrogen-bond acceptors (Lipinski definition) is 10. The molecule has 12 heteroatoms. The molecule has 1 aliphatic rings. The molecule has 0 saturated carbocycles. The molecule has 4 rings (SSSR count). The van der Waals surface area contributed by atoms with Gasteiger partial charge in [-0.05, 0) is 46.3 Å². The minimum Gasteiger partial charge on any atom is -0.499 e. The van der Waals surface area contributed by atoms with E-state index in [1.165, 1.54) is 6.08 Å². The number of aromatic nitrogens is 4. The van der Waals surface area contributed by atoms with Crippen molar-refractivity contribution in [3.8, 4) is 17.3 Å². The maximum Gasteiger partial charge on any atom is 0.247 e. The van der Waals surface area contributed by atoms with E-state index in [0.717, 1.165) is 41.1 Å². The second-order valence-electron chi connectivity index (χ2n) is 9.92. The fraction of sp³-hybridized carbons (Fsp3) is 0.379. The van der Waals surface area contributed by atoms with E-state index in [1.807, 2.05) is 46.3 Å². The third kappa shape index (κ3) is 6.50. The van der Waals surface area contributed by atoms with Gasteiger partial charge in [0, 0.05) is 48.9 Å². The highest BCUT2D eigenvalue weighted by Gasteiger charge is 2.29. The molecule has 1 amide bonds. The Hall–Kier alpha value is -4.42. The topological polar surface area (TPSA) is 119 Å². The van der Waals surface area contributed by atoms with E-state index >= 15 is 0 Å². The van der Waals surface area contributed by atoms with Crippen LogP contribution in [0.5, 0.6) is 11.5 Å². The van der Waals surface area contributed by atoms with E-state index in [4.69, 9.17) is 24.3 Å². The Morgan fingerprint density at radius 1 is 1.15 bits per heavy atom. The van der Waals surface area contributed by atoms with Crippen molar-refractivity contribution >= 4 is 22.8 Å². The highest BCUT2D eigenvalue weighted by Crippen LogP contribution is 2.34. The first kappa shape index (κ1) is 29.6. The van der Waals surface area contributed by atoms with Gasteiger partial charge in [-0.1, -0.05) is 6.58 Å². The van der Waals surface area contributed by atoms with Crippen LogP contribution in [0.3, 0.4) is 0 Å². The molecular formula is C29H38N8O4. The Morgan fingerprint density at radius 3 is 2.54 bits per heavy atom. The zero-order valence-corrected chi connectivity index (χ0v) is 24.7. The summed E-state index contributed by atoms with van der Waals surface area (Å²) in [6.07, 6.45) is 5.32. The van der Waals surface area contributed by atoms with Gasteiger partial charge < -0.3 is 29.7 Å². The first-order valence-electron chi connectivity index (χ1n) is 13.2. The van der Waals surface area contributed by atoms with Crippen molar-refractivity contribution in [3.63, 3.8) is 0 Å². The van der Waals surface area contributed by atoms with Gasteiger partial charge in [-0.3, -0.25) is 9.69 Å². The van der Waals surface area contributed by atoms with Crippen molar-refractivity contribution in [2.24, 2.45) is 0 Å². The monoisotopic (exact) mass is 562 g/mol. The van der Waals surface area contributed by atoms with Crippen LogP contribution in [0.4, 0.5) is 5.95 Å². The zero-order chi connectivity index (χ0) is 29.7. The molecule has 12 nitrogen and oxygen atoms in total. The Labute approximate surface area is 240 Å². The molecule has 0 spiro atoms. The molecule has 218 valence electrons. The molecule has 1 aliphatic carbocycles. The second-order valence-corrected chi connectivity index (χ2v) is 9.92. The Bertz CT molecular complexity index is 1490. The maximum atomic E-state index is 12.3. The number of carbonyl (C=O) groups is 1. The van der Waals surface area contributed by atoms with Crippen molar-refractivity contribution in [2.75, 3.05) is 60.9 Å². The second kappa shape index (κ2) is 12.8. The number of rotatable bonds is 12. The van der Waals surface area contributed by atoms with E-state index in [-0.39, 0.29) is 11.9 Å². The van der Waals surface area contributed by atoms with Crippen LogP contribution in [-0.2, 0) is 9.53 Å². The van der Waals surface area contributed by atoms with Crippen LogP contribution >= 0.6 is 0 Å². The number of benzene rings is 1. The zero-order valence-electron chi connectivity index (χ0n) is 24.7. The van der Waals surface area contributed by atoms with Crippen LogP contribution in [0.1, 0.15) is 12.1 Å². The normalized spacial score (nSPS) is 15.2. The molecular weight excluding hydrogens is 524 g/mol. The van der Waals surface area contributed by atoms with Crippen molar-refractivity contribution < 1.29 is 19.0 Å². The van der Waals surface area contributed by atoms with Gasteiger partial charge in [-0.15, -0.1) is 0 Å². The lowest BCUT2D eigenvalue weighted by molar-refractivity contribution is -0.116. The third-order valence-corrected chi connectivity index (χ3v) is 6.94. The first-order valence-corrected chi connectivity index (χ1v) is 13.2. The summed E-state index contributed by atoms with van der Waals surface area (Å²) in [6, 6.07) is 5.46. The standard InChI is InChI=1S/C29H38N8O4/c1-9-28(38)31-20-15-21(24(39-6)17-23(20)36(5)13-12-35(3)4)32-29-30-11-10-27(33-29)37-22-16-26(41-8)25(40-7)14-19(22)18(2)34-37/h9-11,14-16,23H,1,12-13,17H2,2-8H3,(H,31,38)(H,30,32,33). The summed E-state index contributed by atoms with van der Waals surface area (Å²) in [5.74, 6) is 2.56. The molecule has 0 bridgehead atoms. The van der Waals surface area contributed by atoms with Crippen LogP contribution in [0.15, 0.2) is 60.3 Å². The van der Waals surface area contributed by atoms with E-state index in [0.29, 0.717) is 35.4 Å². The minimum atomic E-state index is -0.284.